The number of nitrogens with two attached hydrogens (primary N) is 1. The van der Waals surface area contributed by atoms with Gasteiger partial charge in [0.15, 0.2) is 56.6 Å². The van der Waals surface area contributed by atoms with Gasteiger partial charge in [0.1, 0.15) is 189 Å². The Kier molecular flexibility index (Phi) is 34.2. The molecular formula is C68H117NO47. The summed E-state index contributed by atoms with van der Waals surface area (Å²) in [6.07, 6.45) is -84.9. The number of rotatable bonds is 31. The lowest BCUT2D eigenvalue weighted by Gasteiger charge is -2.51. The molecular weight excluding hydrogens is 1580 g/mol. The van der Waals surface area contributed by atoms with Crippen molar-refractivity contribution in [3.8, 4) is 0 Å². The van der Waals surface area contributed by atoms with E-state index in [4.69, 9.17) is 95.7 Å². The summed E-state index contributed by atoms with van der Waals surface area (Å²) in [5.74, 6) is -7.25. The number of ether oxygens (including phenoxy) is 19. The van der Waals surface area contributed by atoms with Crippen LogP contribution < -0.4 is 5.73 Å². The first-order chi connectivity index (χ1) is 55.0. The predicted molar refractivity (Wildman–Crippen MR) is 363 cm³/mol. The predicted octanol–water partition coefficient (Wildman–Crippen LogP) is -17.3. The Morgan fingerprint density at radius 1 is 0.345 bits per heavy atom. The van der Waals surface area contributed by atoms with Crippen molar-refractivity contribution in [3.63, 3.8) is 0 Å². The summed E-state index contributed by atoms with van der Waals surface area (Å²) in [6, 6.07) is -1.53. The fourth-order valence-electron chi connectivity index (χ4n) is 15.9. The van der Waals surface area contributed by atoms with E-state index in [0.29, 0.717) is 0 Å². The van der Waals surface area contributed by atoms with Gasteiger partial charge >= 0.3 is 0 Å². The molecule has 0 aromatic heterocycles. The van der Waals surface area contributed by atoms with Gasteiger partial charge in [-0.1, -0.05) is 27.7 Å². The van der Waals surface area contributed by atoms with Gasteiger partial charge in [0, 0.05) is 30.1 Å². The van der Waals surface area contributed by atoms with E-state index in [2.05, 4.69) is 0 Å². The summed E-state index contributed by atoms with van der Waals surface area (Å²) in [5, 5.41) is 299. The third kappa shape index (κ3) is 19.9. The van der Waals surface area contributed by atoms with Gasteiger partial charge < -0.3 is 234 Å². The normalized spacial score (nSPS) is 52.5. The molecule has 0 aromatic carbocycles. The molecule has 0 radical (unpaired) electrons. The highest BCUT2D eigenvalue weighted by Gasteiger charge is 2.62. The van der Waals surface area contributed by atoms with Crippen LogP contribution in [0.3, 0.4) is 0 Å². The first-order valence-corrected chi connectivity index (χ1v) is 38.4. The van der Waals surface area contributed by atoms with Crippen molar-refractivity contribution in [1.82, 2.24) is 0 Å². The average molecular weight is 1700 g/mol. The third-order valence-corrected chi connectivity index (χ3v) is 23.5. The summed E-state index contributed by atoms with van der Waals surface area (Å²) < 4.78 is 114. The van der Waals surface area contributed by atoms with E-state index in [0.717, 1.165) is 0 Å². The van der Waals surface area contributed by atoms with E-state index in [1.807, 2.05) is 0 Å². The van der Waals surface area contributed by atoms with Crippen molar-refractivity contribution in [2.75, 3.05) is 66.1 Å². The SMILES string of the molecule is CC1C(O)[C@H](O[C@@H]2OC(CO)[C@H](O)C(O)[C@@H]2O)[C@H](CO)O[C@H]1O[C@@H]1C(O)[C@H](O)C(CO)O[C@@H]1OCC1O[C@@H](O[C@@H]2C(CO)O[C@@H](O[C@@H]3C(CO)O[C@@H](C)C(C)[C@H]3O)C(C)[C@H]2O)[C@H](O)C(O[C@H]2O[C@H](CO)[C@@H](O)C(O)C2O[C@@H]2OC(CO)[C@@H](O[C@@H]3OC(CO)[C@H](O)C(O[C@]4(C=O)C[C@@H](O)[C@@H](N)C([C@H](O)[C@H](O)CO)O4)[C@@H]3O)C(O)[C@@H]2C)[C@@H]1O. The molecule has 48 nitrogen and oxygen atoms in total. The van der Waals surface area contributed by atoms with Crippen LogP contribution in [0.1, 0.15) is 41.0 Å². The molecule has 0 aromatic rings. The van der Waals surface area contributed by atoms with Crippen molar-refractivity contribution < 1.29 is 233 Å². The number of aldehydes is 1. The number of carbonyl (C=O) groups excluding carboxylic acids is 1. The van der Waals surface area contributed by atoms with Crippen molar-refractivity contribution >= 4 is 6.29 Å². The molecule has 0 spiro atoms. The molecule has 19 unspecified atom stereocenters. The Labute approximate surface area is 661 Å². The zero-order valence-corrected chi connectivity index (χ0v) is 63.5. The number of hydrogen-bond donors (Lipinski definition) is 28. The summed E-state index contributed by atoms with van der Waals surface area (Å²) in [4.78, 5) is 12.9. The molecule has 48 heteroatoms. The highest BCUT2D eigenvalue weighted by atomic mass is 16.8. The second kappa shape index (κ2) is 41.3. The second-order valence-electron chi connectivity index (χ2n) is 31.2. The standard InChI is InChI=1S/C68H117NO47/c1-18-22(5)99-29(12-75)51(35(18)82)108-60-19(2)36(83)53(31(14-77)104-60)110-64-49(96)56(44(91)33(107-64)16-98-66-58(46(93)41(88)26(9-72)102-66)113-61-20(3)37(84)52(30(13-76)105-61)109-63-48(95)45(92)40(87)25(8-71)100-63)112-67-59(47(94)42(89)27(10-73)103-67)114-62-21(4)38(85)54(32(15-78)106-62)111-65-50(97)57(43(90)28(11-74)101-65)116-68(17-79)6-23(80)34(69)55(115-68)39(86)24(81)7-70/h17-67,70-78,80-97H,6-16,69H2,1-5H3/t18?,19?,20?,21-,22-,23+,24+,25?,26?,27+,28?,29?,30-,31?,32?,33?,34+,35+,36+,37?,38?,39+,40-,41+,42+,43-,44+,45?,46?,47?,48-,49+,50-,51+,52+,53+,54+,55?,56?,57?,58+,59?,60-,61-,62-,63-,64-,65-,66-,67+,68-/m0/s1. The van der Waals surface area contributed by atoms with Crippen LogP contribution in [0.2, 0.25) is 0 Å². The van der Waals surface area contributed by atoms with Gasteiger partial charge in [-0.2, -0.15) is 0 Å². The van der Waals surface area contributed by atoms with Crippen molar-refractivity contribution in [3.05, 3.63) is 0 Å². The van der Waals surface area contributed by atoms with Crippen LogP contribution in [0.15, 0.2) is 0 Å². The Bertz CT molecular complexity index is 2970. The lowest BCUT2D eigenvalue weighted by Crippen LogP contribution is -2.69. The van der Waals surface area contributed by atoms with Gasteiger partial charge in [0.2, 0.25) is 5.79 Å². The van der Waals surface area contributed by atoms with E-state index in [1.165, 1.54) is 20.8 Å². The maximum absolute atomic E-state index is 12.9. The molecule has 116 heavy (non-hydrogen) atoms. The molecule has 10 aliphatic rings. The minimum Gasteiger partial charge on any atom is -0.394 e. The second-order valence-corrected chi connectivity index (χ2v) is 31.2. The highest BCUT2D eigenvalue weighted by molar-refractivity contribution is 5.61. The molecule has 10 heterocycles. The van der Waals surface area contributed by atoms with E-state index in [9.17, 15) is 143 Å². The van der Waals surface area contributed by atoms with Gasteiger partial charge in [-0.05, 0) is 6.92 Å². The molecule has 0 aliphatic carbocycles. The molecule has 51 atom stereocenters. The zero-order valence-electron chi connectivity index (χ0n) is 63.5. The van der Waals surface area contributed by atoms with Crippen molar-refractivity contribution in [2.24, 2.45) is 29.4 Å². The van der Waals surface area contributed by atoms with Gasteiger partial charge in [-0.3, -0.25) is 4.79 Å². The minimum atomic E-state index is -2.71. The fourth-order valence-corrected chi connectivity index (χ4v) is 15.9. The van der Waals surface area contributed by atoms with Gasteiger partial charge in [-0.15, -0.1) is 0 Å². The molecule has 676 valence electrons. The largest absolute Gasteiger partial charge is 0.394 e. The summed E-state index contributed by atoms with van der Waals surface area (Å²) in [6.45, 7) is -2.57. The third-order valence-electron chi connectivity index (χ3n) is 23.5. The zero-order chi connectivity index (χ0) is 85.3. The van der Waals surface area contributed by atoms with Crippen LogP contribution in [0.5, 0.6) is 0 Å². The van der Waals surface area contributed by atoms with Gasteiger partial charge in [0.25, 0.3) is 0 Å². The lowest BCUT2D eigenvalue weighted by atomic mass is 9.88. The van der Waals surface area contributed by atoms with Crippen LogP contribution in [0.4, 0.5) is 0 Å². The van der Waals surface area contributed by atoms with Crippen LogP contribution >= 0.6 is 0 Å². The van der Waals surface area contributed by atoms with Gasteiger partial charge in [-0.25, -0.2) is 0 Å². The molecule has 10 saturated heterocycles. The Morgan fingerprint density at radius 3 is 1.10 bits per heavy atom. The van der Waals surface area contributed by atoms with Crippen LogP contribution in [-0.4, -0.2) is 498 Å². The molecule has 10 fully saturated rings. The quantitative estimate of drug-likeness (QED) is 0.0287. The van der Waals surface area contributed by atoms with E-state index in [-0.39, 0.29) is 6.29 Å². The Balaban J connectivity index is 0.909. The first kappa shape index (κ1) is 96.0. The molecule has 10 rings (SSSR count). The van der Waals surface area contributed by atoms with Crippen molar-refractivity contribution in [2.45, 2.75) is 329 Å². The first-order valence-electron chi connectivity index (χ1n) is 38.4. The van der Waals surface area contributed by atoms with E-state index >= 15 is 0 Å². The average Bonchev–Trinajstić information content (AvgIpc) is 0.759. The number of aliphatic hydroxyl groups excluding tert-OH is 27. The van der Waals surface area contributed by atoms with Crippen molar-refractivity contribution in [1.29, 1.82) is 0 Å². The number of aliphatic hydroxyl groups is 27. The Morgan fingerprint density at radius 2 is 0.672 bits per heavy atom. The maximum Gasteiger partial charge on any atom is 0.229 e. The molecule has 10 aliphatic heterocycles. The van der Waals surface area contributed by atoms with Crippen LogP contribution in [0.25, 0.3) is 0 Å². The highest BCUT2D eigenvalue weighted by Crippen LogP contribution is 2.43. The fraction of sp³-hybridized carbons (Fsp3) is 0.985. The smallest absolute Gasteiger partial charge is 0.229 e. The molecule has 29 N–H and O–H groups in total. The summed E-state index contributed by atoms with van der Waals surface area (Å²) >= 11 is 0. The minimum absolute atomic E-state index is 0.0296. The van der Waals surface area contributed by atoms with Crippen LogP contribution in [0, 0.1) is 23.7 Å². The molecule has 0 bridgehead atoms. The van der Waals surface area contributed by atoms with E-state index in [1.54, 1.807) is 13.8 Å². The monoisotopic (exact) mass is 1700 g/mol. The van der Waals surface area contributed by atoms with Gasteiger partial charge in [0.05, 0.1) is 109 Å². The maximum atomic E-state index is 12.9. The topological polar surface area (TPSA) is 765 Å². The van der Waals surface area contributed by atoms with E-state index < -0.39 is 384 Å². The molecule has 0 saturated carbocycles. The number of hydrogen-bond acceptors (Lipinski definition) is 48. The summed E-state index contributed by atoms with van der Waals surface area (Å²) in [5.41, 5.74) is 6.03. The Hall–Kier alpha value is -2.21. The lowest BCUT2D eigenvalue weighted by molar-refractivity contribution is -0.403. The number of carbonyl (C=O) groups is 1. The molecule has 0 amide bonds. The summed E-state index contributed by atoms with van der Waals surface area (Å²) in [7, 11) is 0. The van der Waals surface area contributed by atoms with Crippen LogP contribution in [-0.2, 0) is 94.8 Å².